The first kappa shape index (κ1) is 26.5. The predicted molar refractivity (Wildman–Crippen MR) is 146 cm³/mol. The Labute approximate surface area is 220 Å². The van der Waals surface area contributed by atoms with Gasteiger partial charge in [0, 0.05) is 0 Å². The second-order valence-electron chi connectivity index (χ2n) is 15.6. The zero-order chi connectivity index (χ0) is 26.4. The lowest BCUT2D eigenvalue weighted by Gasteiger charge is -2.71. The van der Waals surface area contributed by atoms with Gasteiger partial charge in [-0.15, -0.1) is 0 Å². The third-order valence-corrected chi connectivity index (χ3v) is 13.4. The number of carbonyl (C=O) groups excluding carboxylic acids is 1. The standard InChI is InChI=1S/C33H52O3/c1-9-20-36-27(35)33-18-16-28(2,3)21-23(33)22-10-11-25-30(6)14-13-26(34)29(4,5)24(30)12-15-32(25,8)31(22,7)17-19-33/h9-10,23-26,34H,1,11-21H2,2-8H3/t23-,24-,25+,26+,30-,31+,32+,33-/m0/s1. The van der Waals surface area contributed by atoms with Crippen molar-refractivity contribution in [2.45, 2.75) is 119 Å². The quantitative estimate of drug-likeness (QED) is 0.319. The van der Waals surface area contributed by atoms with Crippen LogP contribution in [0.15, 0.2) is 24.3 Å². The number of fused-ring (bicyclic) bond motifs is 7. The number of esters is 1. The number of carbonyl (C=O) groups is 1. The molecule has 0 aromatic rings. The highest BCUT2D eigenvalue weighted by Crippen LogP contribution is 2.75. The molecule has 4 saturated carbocycles. The summed E-state index contributed by atoms with van der Waals surface area (Å²) in [6.45, 7) is 21.3. The fourth-order valence-corrected chi connectivity index (χ4v) is 10.9. The van der Waals surface area contributed by atoms with Crippen molar-refractivity contribution >= 4 is 5.97 Å². The molecule has 5 aliphatic carbocycles. The van der Waals surface area contributed by atoms with Gasteiger partial charge in [-0.2, -0.15) is 0 Å². The first-order chi connectivity index (χ1) is 16.7. The minimum Gasteiger partial charge on any atom is -0.461 e. The Bertz CT molecular complexity index is 960. The molecule has 0 unspecified atom stereocenters. The third-order valence-electron chi connectivity index (χ3n) is 13.4. The van der Waals surface area contributed by atoms with Gasteiger partial charge in [-0.25, -0.2) is 0 Å². The van der Waals surface area contributed by atoms with E-state index in [1.165, 1.54) is 12.8 Å². The van der Waals surface area contributed by atoms with Crippen LogP contribution in [0.1, 0.15) is 113 Å². The molecule has 202 valence electrons. The number of allylic oxidation sites excluding steroid dienone is 2. The monoisotopic (exact) mass is 496 g/mol. The Balaban J connectivity index is 1.57. The van der Waals surface area contributed by atoms with Crippen LogP contribution in [0.3, 0.4) is 0 Å². The minimum absolute atomic E-state index is 0.0246. The van der Waals surface area contributed by atoms with Gasteiger partial charge in [0.1, 0.15) is 6.61 Å². The van der Waals surface area contributed by atoms with E-state index in [1.807, 2.05) is 0 Å². The number of aliphatic hydroxyl groups is 1. The minimum atomic E-state index is -0.370. The van der Waals surface area contributed by atoms with Crippen LogP contribution in [-0.2, 0) is 9.53 Å². The van der Waals surface area contributed by atoms with Gasteiger partial charge in [0.2, 0.25) is 0 Å². The summed E-state index contributed by atoms with van der Waals surface area (Å²) in [6.07, 6.45) is 14.9. The Morgan fingerprint density at radius 1 is 1.00 bits per heavy atom. The van der Waals surface area contributed by atoms with Crippen molar-refractivity contribution in [3.05, 3.63) is 24.3 Å². The van der Waals surface area contributed by atoms with Gasteiger partial charge in [-0.3, -0.25) is 4.79 Å². The van der Waals surface area contributed by atoms with Crippen LogP contribution in [0.2, 0.25) is 0 Å². The van der Waals surface area contributed by atoms with Gasteiger partial charge < -0.3 is 9.84 Å². The highest BCUT2D eigenvalue weighted by molar-refractivity contribution is 5.79. The lowest BCUT2D eigenvalue weighted by atomic mass is 9.33. The molecule has 0 amide bonds. The van der Waals surface area contributed by atoms with E-state index in [0.29, 0.717) is 18.4 Å². The van der Waals surface area contributed by atoms with Crippen molar-refractivity contribution in [1.82, 2.24) is 0 Å². The number of rotatable bonds is 3. The number of hydrogen-bond donors (Lipinski definition) is 1. The van der Waals surface area contributed by atoms with Crippen LogP contribution < -0.4 is 0 Å². The summed E-state index contributed by atoms with van der Waals surface area (Å²) in [5.74, 6) is 1.50. The van der Waals surface area contributed by atoms with E-state index >= 15 is 0 Å². The molecule has 0 aromatic carbocycles. The molecule has 3 nitrogen and oxygen atoms in total. The summed E-state index contributed by atoms with van der Waals surface area (Å²) < 4.78 is 5.82. The second-order valence-corrected chi connectivity index (χ2v) is 15.6. The van der Waals surface area contributed by atoms with Crippen LogP contribution in [0.4, 0.5) is 0 Å². The van der Waals surface area contributed by atoms with Crippen molar-refractivity contribution in [3.8, 4) is 0 Å². The Kier molecular flexibility index (Phi) is 6.04. The Morgan fingerprint density at radius 2 is 1.69 bits per heavy atom. The maximum atomic E-state index is 13.7. The van der Waals surface area contributed by atoms with Crippen LogP contribution in [0.5, 0.6) is 0 Å². The molecule has 3 heteroatoms. The molecule has 8 atom stereocenters. The van der Waals surface area contributed by atoms with Gasteiger partial charge in [-0.05, 0) is 109 Å². The van der Waals surface area contributed by atoms with Crippen LogP contribution in [-0.4, -0.2) is 23.8 Å². The topological polar surface area (TPSA) is 46.5 Å². The number of aliphatic hydroxyl groups excluding tert-OH is 1. The lowest BCUT2D eigenvalue weighted by Crippen LogP contribution is -2.65. The number of ether oxygens (including phenoxy) is 1. The van der Waals surface area contributed by atoms with E-state index < -0.39 is 0 Å². The summed E-state index contributed by atoms with van der Waals surface area (Å²) in [5, 5.41) is 10.9. The molecular weight excluding hydrogens is 444 g/mol. The van der Waals surface area contributed by atoms with Gasteiger partial charge in [-0.1, -0.05) is 72.8 Å². The summed E-state index contributed by atoms with van der Waals surface area (Å²) in [4.78, 5) is 13.7. The normalized spacial score (nSPS) is 48.8. The molecule has 5 aliphatic rings. The SMILES string of the molecule is C=CCOC(=O)[C@]12CCC(C)(C)C[C@H]1C1=CC[C@@H]3[C@@]4(C)CC[C@@H](O)C(C)(C)[C@@H]4CC[C@@]3(C)[C@]1(C)CC2. The Hall–Kier alpha value is -1.09. The summed E-state index contributed by atoms with van der Waals surface area (Å²) in [7, 11) is 0. The third kappa shape index (κ3) is 3.36. The predicted octanol–water partition coefficient (Wildman–Crippen LogP) is 7.88. The maximum Gasteiger partial charge on any atom is 0.312 e. The maximum absolute atomic E-state index is 13.7. The highest BCUT2D eigenvalue weighted by Gasteiger charge is 2.69. The first-order valence-electron chi connectivity index (χ1n) is 14.8. The Morgan fingerprint density at radius 3 is 2.39 bits per heavy atom. The van der Waals surface area contributed by atoms with Crippen molar-refractivity contribution < 1.29 is 14.6 Å². The zero-order valence-corrected chi connectivity index (χ0v) is 24.2. The molecule has 0 radical (unpaired) electrons. The summed E-state index contributed by atoms with van der Waals surface area (Å²) in [5.41, 5.74) is 2.03. The van der Waals surface area contributed by atoms with Gasteiger partial charge in [0.15, 0.2) is 0 Å². The fraction of sp³-hybridized carbons (Fsp3) is 0.848. The lowest BCUT2D eigenvalue weighted by molar-refractivity contribution is -0.206. The molecular formula is C33H52O3. The van der Waals surface area contributed by atoms with Crippen molar-refractivity contribution in [2.75, 3.05) is 6.61 Å². The molecule has 0 saturated heterocycles. The van der Waals surface area contributed by atoms with E-state index in [1.54, 1.807) is 11.6 Å². The average molecular weight is 497 g/mol. The van der Waals surface area contributed by atoms with Gasteiger partial charge in [0.05, 0.1) is 11.5 Å². The van der Waals surface area contributed by atoms with E-state index in [9.17, 15) is 9.90 Å². The second kappa shape index (κ2) is 8.20. The number of hydrogen-bond acceptors (Lipinski definition) is 3. The first-order valence-corrected chi connectivity index (χ1v) is 14.8. The van der Waals surface area contributed by atoms with E-state index in [-0.39, 0.29) is 50.5 Å². The van der Waals surface area contributed by atoms with Crippen molar-refractivity contribution in [1.29, 1.82) is 0 Å². The van der Waals surface area contributed by atoms with Gasteiger partial charge >= 0.3 is 5.97 Å². The summed E-state index contributed by atoms with van der Waals surface area (Å²) in [6, 6.07) is 0. The molecule has 0 aromatic heterocycles. The molecule has 36 heavy (non-hydrogen) atoms. The van der Waals surface area contributed by atoms with Gasteiger partial charge in [0.25, 0.3) is 0 Å². The van der Waals surface area contributed by atoms with Crippen molar-refractivity contribution in [2.24, 2.45) is 50.2 Å². The highest BCUT2D eigenvalue weighted by atomic mass is 16.5. The van der Waals surface area contributed by atoms with E-state index in [4.69, 9.17) is 4.74 Å². The van der Waals surface area contributed by atoms with Crippen LogP contribution in [0.25, 0.3) is 0 Å². The molecule has 0 aliphatic heterocycles. The van der Waals surface area contributed by atoms with E-state index in [0.717, 1.165) is 51.4 Å². The smallest absolute Gasteiger partial charge is 0.312 e. The summed E-state index contributed by atoms with van der Waals surface area (Å²) >= 11 is 0. The molecule has 5 rings (SSSR count). The average Bonchev–Trinajstić information content (AvgIpc) is 2.80. The van der Waals surface area contributed by atoms with E-state index in [2.05, 4.69) is 61.1 Å². The largest absolute Gasteiger partial charge is 0.461 e. The molecule has 1 N–H and O–H groups in total. The molecule has 0 heterocycles. The fourth-order valence-electron chi connectivity index (χ4n) is 10.9. The molecule has 0 spiro atoms. The van der Waals surface area contributed by atoms with Crippen LogP contribution >= 0.6 is 0 Å². The van der Waals surface area contributed by atoms with Crippen LogP contribution in [0, 0.1) is 50.2 Å². The van der Waals surface area contributed by atoms with Crippen molar-refractivity contribution in [3.63, 3.8) is 0 Å². The molecule has 4 fully saturated rings. The molecule has 0 bridgehead atoms. The zero-order valence-electron chi connectivity index (χ0n) is 24.2.